The molecule has 2 aromatic heterocycles. The Labute approximate surface area is 103 Å². The van der Waals surface area contributed by atoms with E-state index in [1.165, 1.54) is 9.88 Å². The summed E-state index contributed by atoms with van der Waals surface area (Å²) in [6.45, 7) is 3.83. The second-order valence-electron chi connectivity index (χ2n) is 3.61. The Morgan fingerprint density at radius 2 is 2.31 bits per heavy atom. The molecule has 0 amide bonds. The van der Waals surface area contributed by atoms with Gasteiger partial charge in [-0.2, -0.15) is 0 Å². The van der Waals surface area contributed by atoms with E-state index in [1.807, 2.05) is 18.4 Å². The molecule has 16 heavy (non-hydrogen) atoms. The lowest BCUT2D eigenvalue weighted by atomic mass is 10.4. The molecule has 0 spiro atoms. The molecule has 0 aliphatic heterocycles. The van der Waals surface area contributed by atoms with Crippen LogP contribution in [0.3, 0.4) is 0 Å². The summed E-state index contributed by atoms with van der Waals surface area (Å²) < 4.78 is 0. The molecule has 2 rings (SSSR count). The molecule has 86 valence electrons. The number of hydrogen-bond acceptors (Lipinski definition) is 5. The summed E-state index contributed by atoms with van der Waals surface area (Å²) >= 11 is 3.43. The number of nitrogens with one attached hydrogen (secondary N) is 1. The zero-order chi connectivity index (χ0) is 11.4. The first kappa shape index (κ1) is 11.6. The van der Waals surface area contributed by atoms with Crippen LogP contribution in [-0.2, 0) is 13.0 Å². The van der Waals surface area contributed by atoms with Gasteiger partial charge in [-0.25, -0.2) is 4.98 Å². The third-order valence-corrected chi connectivity index (χ3v) is 4.21. The van der Waals surface area contributed by atoms with Crippen molar-refractivity contribution in [3.05, 3.63) is 32.4 Å². The SMILES string of the molecule is Cc1csc(CCNCc2sccc2N)n1. The zero-order valence-corrected chi connectivity index (χ0v) is 10.8. The van der Waals surface area contributed by atoms with Gasteiger partial charge in [0.2, 0.25) is 0 Å². The highest BCUT2D eigenvalue weighted by molar-refractivity contribution is 7.10. The van der Waals surface area contributed by atoms with Gasteiger partial charge in [0.25, 0.3) is 0 Å². The average molecular weight is 253 g/mol. The minimum atomic E-state index is 0.855. The van der Waals surface area contributed by atoms with Crippen molar-refractivity contribution >= 4 is 28.4 Å². The maximum absolute atomic E-state index is 5.80. The lowest BCUT2D eigenvalue weighted by Gasteiger charge is -2.02. The highest BCUT2D eigenvalue weighted by Gasteiger charge is 2.01. The van der Waals surface area contributed by atoms with Gasteiger partial charge in [-0.3, -0.25) is 0 Å². The third-order valence-electron chi connectivity index (χ3n) is 2.25. The van der Waals surface area contributed by atoms with E-state index < -0.39 is 0 Å². The molecule has 0 saturated carbocycles. The number of aromatic nitrogens is 1. The fourth-order valence-corrected chi connectivity index (χ4v) is 2.95. The maximum Gasteiger partial charge on any atom is 0.0940 e. The first-order valence-corrected chi connectivity index (χ1v) is 6.95. The van der Waals surface area contributed by atoms with Crippen LogP contribution >= 0.6 is 22.7 Å². The number of nitrogens with two attached hydrogens (primary N) is 1. The Kier molecular flexibility index (Phi) is 3.93. The smallest absolute Gasteiger partial charge is 0.0940 e. The largest absolute Gasteiger partial charge is 0.398 e. The Hall–Kier alpha value is -0.910. The lowest BCUT2D eigenvalue weighted by molar-refractivity contribution is 0.692. The number of hydrogen-bond donors (Lipinski definition) is 2. The van der Waals surface area contributed by atoms with Crippen LogP contribution in [0.5, 0.6) is 0 Å². The van der Waals surface area contributed by atoms with Crippen molar-refractivity contribution in [2.24, 2.45) is 0 Å². The van der Waals surface area contributed by atoms with Gasteiger partial charge in [0.05, 0.1) is 5.01 Å². The molecule has 0 aliphatic carbocycles. The van der Waals surface area contributed by atoms with Crippen molar-refractivity contribution in [1.29, 1.82) is 0 Å². The van der Waals surface area contributed by atoms with Crippen LogP contribution in [-0.4, -0.2) is 11.5 Å². The molecule has 0 radical (unpaired) electrons. The number of nitrogens with zero attached hydrogens (tertiary/aromatic N) is 1. The van der Waals surface area contributed by atoms with Crippen molar-refractivity contribution < 1.29 is 0 Å². The first-order valence-electron chi connectivity index (χ1n) is 5.19. The molecule has 2 aromatic rings. The number of aryl methyl sites for hydroxylation is 1. The van der Waals surface area contributed by atoms with E-state index in [9.17, 15) is 0 Å². The highest BCUT2D eigenvalue weighted by Crippen LogP contribution is 2.18. The Bertz CT molecular complexity index is 448. The zero-order valence-electron chi connectivity index (χ0n) is 9.19. The molecule has 0 atom stereocenters. The molecule has 5 heteroatoms. The van der Waals surface area contributed by atoms with Crippen LogP contribution in [0.15, 0.2) is 16.8 Å². The fourth-order valence-electron chi connectivity index (χ4n) is 1.41. The van der Waals surface area contributed by atoms with Gasteiger partial charge in [-0.05, 0) is 18.4 Å². The normalized spacial score (nSPS) is 10.8. The first-order chi connectivity index (χ1) is 7.75. The van der Waals surface area contributed by atoms with E-state index in [2.05, 4.69) is 15.7 Å². The van der Waals surface area contributed by atoms with E-state index in [0.29, 0.717) is 0 Å². The molecule has 0 aliphatic rings. The minimum Gasteiger partial charge on any atom is -0.398 e. The number of rotatable bonds is 5. The van der Waals surface area contributed by atoms with Gasteiger partial charge < -0.3 is 11.1 Å². The maximum atomic E-state index is 5.80. The van der Waals surface area contributed by atoms with Crippen LogP contribution in [0.2, 0.25) is 0 Å². The van der Waals surface area contributed by atoms with Gasteiger partial charge in [-0.1, -0.05) is 0 Å². The Morgan fingerprint density at radius 3 is 2.94 bits per heavy atom. The summed E-state index contributed by atoms with van der Waals surface area (Å²) in [7, 11) is 0. The molecule has 0 fully saturated rings. The van der Waals surface area contributed by atoms with Crippen molar-refractivity contribution in [2.75, 3.05) is 12.3 Å². The molecule has 3 N–H and O–H groups in total. The summed E-state index contributed by atoms with van der Waals surface area (Å²) in [5.74, 6) is 0. The van der Waals surface area contributed by atoms with Gasteiger partial charge in [0.1, 0.15) is 0 Å². The summed E-state index contributed by atoms with van der Waals surface area (Å²) in [4.78, 5) is 5.64. The highest BCUT2D eigenvalue weighted by atomic mass is 32.1. The standard InChI is InChI=1S/C11H15N3S2/c1-8-7-16-11(14-8)2-4-13-6-10-9(12)3-5-15-10/h3,5,7,13H,2,4,6,12H2,1H3. The summed E-state index contributed by atoms with van der Waals surface area (Å²) in [6.07, 6.45) is 0.990. The van der Waals surface area contributed by atoms with Crippen LogP contribution in [0.4, 0.5) is 5.69 Å². The van der Waals surface area contributed by atoms with Gasteiger partial charge >= 0.3 is 0 Å². The molecule has 3 nitrogen and oxygen atoms in total. The van der Waals surface area contributed by atoms with Gasteiger partial charge in [-0.15, -0.1) is 22.7 Å². The summed E-state index contributed by atoms with van der Waals surface area (Å²) in [6, 6.07) is 1.95. The predicted octanol–water partition coefficient (Wildman–Crippen LogP) is 2.43. The predicted molar refractivity (Wildman–Crippen MR) is 71.0 cm³/mol. The molecular weight excluding hydrogens is 238 g/mol. The van der Waals surface area contributed by atoms with Crippen LogP contribution < -0.4 is 11.1 Å². The van der Waals surface area contributed by atoms with Gasteiger partial charge in [0.15, 0.2) is 0 Å². The van der Waals surface area contributed by atoms with Crippen molar-refractivity contribution in [1.82, 2.24) is 10.3 Å². The minimum absolute atomic E-state index is 0.855. The summed E-state index contributed by atoms with van der Waals surface area (Å²) in [5.41, 5.74) is 7.80. The lowest BCUT2D eigenvalue weighted by Crippen LogP contribution is -2.16. The third kappa shape index (κ3) is 3.04. The van der Waals surface area contributed by atoms with E-state index in [1.54, 1.807) is 22.7 Å². The fraction of sp³-hybridized carbons (Fsp3) is 0.364. The monoisotopic (exact) mass is 253 g/mol. The molecular formula is C11H15N3S2. The van der Waals surface area contributed by atoms with Crippen molar-refractivity contribution in [3.63, 3.8) is 0 Å². The van der Waals surface area contributed by atoms with E-state index in [4.69, 9.17) is 5.73 Å². The quantitative estimate of drug-likeness (QED) is 0.805. The summed E-state index contributed by atoms with van der Waals surface area (Å²) in [5, 5.41) is 8.70. The molecule has 0 bridgehead atoms. The molecule has 0 unspecified atom stereocenters. The van der Waals surface area contributed by atoms with Crippen molar-refractivity contribution in [2.45, 2.75) is 19.9 Å². The Balaban J connectivity index is 1.71. The van der Waals surface area contributed by atoms with Crippen LogP contribution in [0.25, 0.3) is 0 Å². The van der Waals surface area contributed by atoms with E-state index in [-0.39, 0.29) is 0 Å². The van der Waals surface area contributed by atoms with Crippen molar-refractivity contribution in [3.8, 4) is 0 Å². The second-order valence-corrected chi connectivity index (χ2v) is 5.55. The van der Waals surface area contributed by atoms with Gasteiger partial charge in [0, 0.05) is 41.1 Å². The average Bonchev–Trinajstić information content (AvgIpc) is 2.83. The topological polar surface area (TPSA) is 50.9 Å². The van der Waals surface area contributed by atoms with E-state index >= 15 is 0 Å². The molecule has 2 heterocycles. The van der Waals surface area contributed by atoms with E-state index in [0.717, 1.165) is 30.9 Å². The Morgan fingerprint density at radius 1 is 1.44 bits per heavy atom. The molecule has 0 aromatic carbocycles. The van der Waals surface area contributed by atoms with Crippen LogP contribution in [0.1, 0.15) is 15.6 Å². The molecule has 0 saturated heterocycles. The number of thiazole rings is 1. The number of nitrogen functional groups attached to an aromatic ring is 1. The number of thiophene rings is 1. The second kappa shape index (κ2) is 5.43. The van der Waals surface area contributed by atoms with Crippen LogP contribution in [0, 0.1) is 6.92 Å². The number of anilines is 1.